The lowest BCUT2D eigenvalue weighted by molar-refractivity contribution is -0.273. The summed E-state index contributed by atoms with van der Waals surface area (Å²) in [7, 11) is -0.147. The lowest BCUT2D eigenvalue weighted by Crippen LogP contribution is -2.51. The average molecular weight is 534 g/mol. The number of fused-ring (bicyclic) bond motifs is 2. The average Bonchev–Trinajstić information content (AvgIpc) is 2.98. The maximum Gasteiger partial charge on any atom is 0.432 e. The van der Waals surface area contributed by atoms with Crippen LogP contribution in [-0.4, -0.2) is 36.5 Å². The third kappa shape index (κ3) is 4.56. The molecule has 0 N–H and O–H groups in total. The van der Waals surface area contributed by atoms with Crippen LogP contribution in [0.3, 0.4) is 0 Å². The minimum absolute atomic E-state index is 0.0454. The second kappa shape index (κ2) is 9.91. The molecule has 2 unspecified atom stereocenters. The van der Waals surface area contributed by atoms with E-state index in [2.05, 4.69) is 4.74 Å². The first kappa shape index (κ1) is 26.2. The molecule has 0 spiro atoms. The Morgan fingerprint density at radius 3 is 2.22 bits per heavy atom. The number of hydrogen-bond acceptors (Lipinski definition) is 6. The summed E-state index contributed by atoms with van der Waals surface area (Å²) in [4.78, 5) is 25.3. The number of hydrogen-bond donors (Lipinski definition) is 0. The first-order chi connectivity index (χ1) is 17.5. The van der Waals surface area contributed by atoms with Crippen LogP contribution >= 0.6 is 0 Å². The summed E-state index contributed by atoms with van der Waals surface area (Å²) in [6.07, 6.45) is -4.09. The molecule has 0 saturated carbocycles. The number of benzene rings is 3. The van der Waals surface area contributed by atoms with Gasteiger partial charge in [-0.2, -0.15) is 13.2 Å². The van der Waals surface area contributed by atoms with E-state index in [9.17, 15) is 31.4 Å². The smallest absolute Gasteiger partial charge is 0.432 e. The number of methoxy groups -OCH3 is 2. The van der Waals surface area contributed by atoms with E-state index in [1.165, 1.54) is 36.4 Å². The fourth-order valence-electron chi connectivity index (χ4n) is 3.90. The molecule has 37 heavy (non-hydrogen) atoms. The second-order valence-corrected chi connectivity index (χ2v) is 9.22. The Hall–Kier alpha value is -3.83. The molecule has 1 heterocycles. The van der Waals surface area contributed by atoms with Gasteiger partial charge in [0.05, 0.1) is 33.3 Å². The predicted octanol–water partition coefficient (Wildman–Crippen LogP) is 5.24. The molecule has 1 aliphatic rings. The number of alkyl halides is 3. The van der Waals surface area contributed by atoms with Gasteiger partial charge in [0, 0.05) is 18.2 Å². The van der Waals surface area contributed by atoms with Crippen LogP contribution in [0.15, 0.2) is 76.5 Å². The van der Waals surface area contributed by atoms with Crippen molar-refractivity contribution in [3.8, 4) is 0 Å². The van der Waals surface area contributed by atoms with Gasteiger partial charge in [-0.3, -0.25) is 0 Å². The van der Waals surface area contributed by atoms with Gasteiger partial charge >= 0.3 is 18.1 Å². The monoisotopic (exact) mass is 534 g/mol. The van der Waals surface area contributed by atoms with E-state index >= 15 is 0 Å². The number of halogens is 4. The summed E-state index contributed by atoms with van der Waals surface area (Å²) in [5.41, 5.74) is -4.02. The van der Waals surface area contributed by atoms with Crippen molar-refractivity contribution in [1.82, 2.24) is 0 Å². The number of rotatable bonds is 5. The molecule has 0 aromatic heterocycles. The molecule has 3 aromatic rings. The van der Waals surface area contributed by atoms with Crippen LogP contribution in [0.5, 0.6) is 0 Å². The summed E-state index contributed by atoms with van der Waals surface area (Å²) in [5, 5.41) is 0. The number of esters is 2. The van der Waals surface area contributed by atoms with Crippen molar-refractivity contribution in [1.29, 1.82) is 0 Å². The molecular weight excluding hydrogens is 516 g/mol. The molecule has 3 aromatic carbocycles. The Labute approximate surface area is 210 Å². The molecule has 0 bridgehead atoms. The molecule has 0 fully saturated rings. The molecule has 0 saturated heterocycles. The van der Waals surface area contributed by atoms with Crippen LogP contribution in [0.4, 0.5) is 17.6 Å². The molecule has 0 amide bonds. The number of carbonyl (C=O) groups excluding carboxylic acids is 2. The van der Waals surface area contributed by atoms with Crippen LogP contribution in [-0.2, 0) is 35.4 Å². The zero-order valence-corrected chi connectivity index (χ0v) is 20.1. The van der Waals surface area contributed by atoms with Crippen LogP contribution in [0, 0.1) is 5.82 Å². The number of ether oxygens (including phenoxy) is 3. The van der Waals surface area contributed by atoms with Crippen molar-refractivity contribution in [2.45, 2.75) is 21.6 Å². The van der Waals surface area contributed by atoms with Gasteiger partial charge in [0.15, 0.2) is 0 Å². The van der Waals surface area contributed by atoms with Crippen molar-refractivity contribution < 1.29 is 45.6 Å². The first-order valence-electron chi connectivity index (χ1n) is 10.6. The maximum absolute atomic E-state index is 14.4. The van der Waals surface area contributed by atoms with E-state index in [-0.39, 0.29) is 26.5 Å². The van der Waals surface area contributed by atoms with Gasteiger partial charge in [0.1, 0.15) is 11.6 Å². The quantitative estimate of drug-likeness (QED) is 0.329. The van der Waals surface area contributed by atoms with Crippen LogP contribution in [0.1, 0.15) is 27.0 Å². The van der Waals surface area contributed by atoms with E-state index in [0.29, 0.717) is 0 Å². The van der Waals surface area contributed by atoms with Crippen molar-refractivity contribution in [2.75, 3.05) is 14.2 Å². The minimum atomic E-state index is -5.24. The fourth-order valence-corrected chi connectivity index (χ4v) is 5.26. The van der Waals surface area contributed by atoms with Gasteiger partial charge in [0.25, 0.3) is 5.60 Å². The molecular formula is C26H18F4O6S. The zero-order chi connectivity index (χ0) is 27.0. The van der Waals surface area contributed by atoms with Gasteiger partial charge in [-0.05, 0) is 42.0 Å². The van der Waals surface area contributed by atoms with E-state index in [0.717, 1.165) is 50.6 Å². The lowest BCUT2D eigenvalue weighted by atomic mass is 9.92. The van der Waals surface area contributed by atoms with E-state index in [4.69, 9.17) is 9.47 Å². The third-order valence-corrected chi connectivity index (χ3v) is 7.21. The Bertz CT molecular complexity index is 1430. The van der Waals surface area contributed by atoms with Gasteiger partial charge in [-0.25, -0.2) is 18.2 Å². The molecule has 1 aliphatic heterocycles. The normalized spacial score (nSPS) is 16.4. The Kier molecular flexibility index (Phi) is 7.03. The lowest BCUT2D eigenvalue weighted by Gasteiger charge is -2.32. The van der Waals surface area contributed by atoms with Crippen LogP contribution < -0.4 is 0 Å². The highest BCUT2D eigenvalue weighted by atomic mass is 32.2. The van der Waals surface area contributed by atoms with Crippen molar-refractivity contribution in [3.63, 3.8) is 0 Å². The van der Waals surface area contributed by atoms with Gasteiger partial charge in [-0.1, -0.05) is 36.4 Å². The van der Waals surface area contributed by atoms with E-state index in [1.807, 2.05) is 0 Å². The highest BCUT2D eigenvalue weighted by Gasteiger charge is 2.64. The van der Waals surface area contributed by atoms with Crippen LogP contribution in [0.25, 0.3) is 11.8 Å². The molecule has 11 heteroatoms. The Morgan fingerprint density at radius 2 is 1.59 bits per heavy atom. The standard InChI is InChI=1S/C26H18F4O6S/c1-34-23(31)16-9-8-15-12-20(19-14-18(27)10-11-21(19)37(33)22(15)13-16)36-24(32)25(35-2,26(28,29)30)17-6-4-3-5-7-17/h3-14H,1-2H3. The van der Waals surface area contributed by atoms with Crippen molar-refractivity contribution >= 4 is 34.6 Å². The summed E-state index contributed by atoms with van der Waals surface area (Å²) in [6.45, 7) is 0. The van der Waals surface area contributed by atoms with Crippen molar-refractivity contribution in [3.05, 3.63) is 94.8 Å². The van der Waals surface area contributed by atoms with E-state index in [1.54, 1.807) is 0 Å². The molecule has 2 atom stereocenters. The fraction of sp³-hybridized carbons (Fsp3) is 0.154. The summed E-state index contributed by atoms with van der Waals surface area (Å²) >= 11 is 0. The molecule has 0 aliphatic carbocycles. The topological polar surface area (TPSA) is 78.9 Å². The van der Waals surface area contributed by atoms with Crippen molar-refractivity contribution in [2.24, 2.45) is 0 Å². The van der Waals surface area contributed by atoms with Crippen LogP contribution in [0.2, 0.25) is 0 Å². The van der Waals surface area contributed by atoms with Gasteiger partial charge in [-0.15, -0.1) is 0 Å². The molecule has 6 nitrogen and oxygen atoms in total. The molecule has 0 radical (unpaired) electrons. The third-order valence-electron chi connectivity index (χ3n) is 5.70. The van der Waals surface area contributed by atoms with Gasteiger partial charge < -0.3 is 14.2 Å². The second-order valence-electron chi connectivity index (χ2n) is 7.80. The summed E-state index contributed by atoms with van der Waals surface area (Å²) in [5.74, 6) is -3.85. The highest BCUT2D eigenvalue weighted by molar-refractivity contribution is 7.85. The molecule has 192 valence electrons. The molecule has 4 rings (SSSR count). The summed E-state index contributed by atoms with van der Waals surface area (Å²) in [6, 6.07) is 13.2. The highest BCUT2D eigenvalue weighted by Crippen LogP contribution is 2.45. The number of carbonyl (C=O) groups is 2. The largest absolute Gasteiger partial charge is 0.465 e. The predicted molar refractivity (Wildman–Crippen MR) is 124 cm³/mol. The maximum atomic E-state index is 14.4. The minimum Gasteiger partial charge on any atom is -0.465 e. The summed E-state index contributed by atoms with van der Waals surface area (Å²) < 4.78 is 85.5. The Morgan fingerprint density at radius 1 is 0.892 bits per heavy atom. The van der Waals surface area contributed by atoms with Gasteiger partial charge in [0.2, 0.25) is 0 Å². The Balaban J connectivity index is 1.90. The van der Waals surface area contributed by atoms with E-state index < -0.39 is 51.7 Å². The SMILES string of the molecule is COC(=O)c1ccc2c(c1)S(=O)c1ccc(F)cc1C(OC(=O)C(OC)(c1ccccc1)C(F)(F)F)=C2. The first-order valence-corrected chi connectivity index (χ1v) is 11.7. The zero-order valence-electron chi connectivity index (χ0n) is 19.3.